The number of aliphatic imine (C=N–C) groups is 1. The predicted molar refractivity (Wildman–Crippen MR) is 104 cm³/mol. The molecular weight excluding hydrogens is 294 g/mol. The highest BCUT2D eigenvalue weighted by Crippen LogP contribution is 2.30. The van der Waals surface area contributed by atoms with Crippen LogP contribution in [-0.2, 0) is 12.8 Å². The largest absolute Gasteiger partial charge is 0.369 e. The summed E-state index contributed by atoms with van der Waals surface area (Å²) in [5, 5.41) is 0. The highest BCUT2D eigenvalue weighted by molar-refractivity contribution is 5.98. The number of anilines is 1. The van der Waals surface area contributed by atoms with Crippen molar-refractivity contribution < 1.29 is 0 Å². The smallest absolute Gasteiger partial charge is 0.201 e. The first kappa shape index (κ1) is 16.3. The second-order valence-corrected chi connectivity index (χ2v) is 6.37. The maximum atomic E-state index is 6.45. The van der Waals surface area contributed by atoms with Gasteiger partial charge >= 0.3 is 0 Å². The van der Waals surface area contributed by atoms with Crippen LogP contribution < -0.4 is 10.6 Å². The number of hydrogen-bond acceptors (Lipinski definition) is 1. The first-order chi connectivity index (χ1) is 11.6. The van der Waals surface area contributed by atoms with Crippen LogP contribution in [0.1, 0.15) is 37.5 Å². The van der Waals surface area contributed by atoms with Crippen molar-refractivity contribution in [3.8, 4) is 0 Å². The van der Waals surface area contributed by atoms with Crippen LogP contribution in [0.5, 0.6) is 0 Å². The van der Waals surface area contributed by atoms with Gasteiger partial charge in [-0.2, -0.15) is 0 Å². The lowest BCUT2D eigenvalue weighted by molar-refractivity contribution is 0.797. The van der Waals surface area contributed by atoms with Gasteiger partial charge in [-0.05, 0) is 49.9 Å². The van der Waals surface area contributed by atoms with E-state index in [2.05, 4.69) is 74.2 Å². The van der Waals surface area contributed by atoms with Crippen molar-refractivity contribution in [2.45, 2.75) is 39.7 Å². The van der Waals surface area contributed by atoms with Gasteiger partial charge in [-0.1, -0.05) is 49.4 Å². The molecule has 0 fully saturated rings. The van der Waals surface area contributed by atoms with Gasteiger partial charge in [-0.15, -0.1) is 0 Å². The van der Waals surface area contributed by atoms with Crippen LogP contribution in [0.3, 0.4) is 0 Å². The molecule has 0 atom stereocenters. The van der Waals surface area contributed by atoms with Gasteiger partial charge in [0, 0.05) is 17.3 Å². The average molecular weight is 319 g/mol. The Morgan fingerprint density at radius 3 is 2.71 bits per heavy atom. The minimum atomic E-state index is 0.230. The zero-order chi connectivity index (χ0) is 17.1. The topological polar surface area (TPSA) is 41.6 Å². The summed E-state index contributed by atoms with van der Waals surface area (Å²) in [7, 11) is 0. The van der Waals surface area contributed by atoms with Crippen LogP contribution in [0.25, 0.3) is 6.08 Å². The minimum absolute atomic E-state index is 0.230. The fourth-order valence-corrected chi connectivity index (χ4v) is 3.26. The monoisotopic (exact) mass is 319 g/mol. The van der Waals surface area contributed by atoms with Crippen molar-refractivity contribution in [2.75, 3.05) is 4.90 Å². The number of para-hydroxylation sites is 1. The highest BCUT2D eigenvalue weighted by atomic mass is 15.3. The van der Waals surface area contributed by atoms with E-state index in [0.29, 0.717) is 5.96 Å². The summed E-state index contributed by atoms with van der Waals surface area (Å²) in [5.41, 5.74) is 12.3. The van der Waals surface area contributed by atoms with E-state index in [9.17, 15) is 0 Å². The Labute approximate surface area is 144 Å². The quantitative estimate of drug-likeness (QED) is 0.656. The first-order valence-corrected chi connectivity index (χ1v) is 8.61. The van der Waals surface area contributed by atoms with Crippen molar-refractivity contribution in [2.24, 2.45) is 10.7 Å². The van der Waals surface area contributed by atoms with Gasteiger partial charge in [0.2, 0.25) is 5.96 Å². The third-order valence-corrected chi connectivity index (χ3v) is 4.43. The summed E-state index contributed by atoms with van der Waals surface area (Å²) < 4.78 is 0. The summed E-state index contributed by atoms with van der Waals surface area (Å²) in [6.45, 7) is 6.45. The highest BCUT2D eigenvalue weighted by Gasteiger charge is 2.18. The van der Waals surface area contributed by atoms with Crippen LogP contribution in [0, 0.1) is 0 Å². The Bertz CT molecular complexity index is 787. The van der Waals surface area contributed by atoms with Crippen LogP contribution in [0.4, 0.5) is 11.4 Å². The lowest BCUT2D eigenvalue weighted by Crippen LogP contribution is -2.42. The van der Waals surface area contributed by atoms with E-state index < -0.39 is 0 Å². The van der Waals surface area contributed by atoms with Crippen LogP contribution >= 0.6 is 0 Å². The summed E-state index contributed by atoms with van der Waals surface area (Å²) in [5.74, 6) is 0.541. The number of hydrogen-bond donors (Lipinski definition) is 1. The van der Waals surface area contributed by atoms with E-state index in [0.717, 1.165) is 24.2 Å². The third-order valence-electron chi connectivity index (χ3n) is 4.43. The molecule has 0 aliphatic heterocycles. The van der Waals surface area contributed by atoms with E-state index in [-0.39, 0.29) is 6.04 Å². The molecule has 0 spiro atoms. The molecule has 3 heteroatoms. The number of nitrogens with zero attached hydrogens (tertiary/aromatic N) is 2. The maximum Gasteiger partial charge on any atom is 0.201 e. The number of allylic oxidation sites excluding steroid dienone is 1. The van der Waals surface area contributed by atoms with Crippen LogP contribution in [0.2, 0.25) is 0 Å². The number of nitrogens with two attached hydrogens (primary N) is 1. The van der Waals surface area contributed by atoms with E-state index >= 15 is 0 Å². The third kappa shape index (κ3) is 3.07. The van der Waals surface area contributed by atoms with Crippen molar-refractivity contribution in [1.82, 2.24) is 0 Å². The summed E-state index contributed by atoms with van der Waals surface area (Å²) in [4.78, 5) is 6.90. The Kier molecular flexibility index (Phi) is 4.70. The molecule has 24 heavy (non-hydrogen) atoms. The van der Waals surface area contributed by atoms with Crippen molar-refractivity contribution in [3.05, 3.63) is 65.2 Å². The van der Waals surface area contributed by atoms with Gasteiger partial charge in [0.1, 0.15) is 0 Å². The zero-order valence-electron chi connectivity index (χ0n) is 14.7. The Morgan fingerprint density at radius 1 is 1.17 bits per heavy atom. The molecule has 2 aromatic rings. The molecule has 1 aliphatic carbocycles. The first-order valence-electron chi connectivity index (χ1n) is 8.61. The standard InChI is InChI=1S/C21H25N3/c1-4-16-9-5-6-14-20(16)24(15(2)3)21(22)23-19-13-8-11-17-10-7-12-18(17)19/h5-9,11-15H,4,10H2,1-3H3,(H2,22,23). The lowest BCUT2D eigenvalue weighted by atomic mass is 10.1. The van der Waals surface area contributed by atoms with Crippen molar-refractivity contribution in [3.63, 3.8) is 0 Å². The van der Waals surface area contributed by atoms with Gasteiger partial charge in [-0.25, -0.2) is 4.99 Å². The number of benzene rings is 2. The lowest BCUT2D eigenvalue weighted by Gasteiger charge is -2.29. The van der Waals surface area contributed by atoms with Gasteiger partial charge in [0.05, 0.1) is 5.69 Å². The summed E-state index contributed by atoms with van der Waals surface area (Å²) in [6, 6.07) is 14.9. The molecule has 0 unspecified atom stereocenters. The SMILES string of the molecule is CCc1ccccc1N(C(N)=Nc1cccc2c1C=CC2)C(C)C. The van der Waals surface area contributed by atoms with Crippen molar-refractivity contribution >= 4 is 23.4 Å². The summed E-state index contributed by atoms with van der Waals surface area (Å²) in [6.07, 6.45) is 6.26. The fraction of sp³-hybridized carbons (Fsp3) is 0.286. The van der Waals surface area contributed by atoms with E-state index in [4.69, 9.17) is 10.7 Å². The van der Waals surface area contributed by atoms with Gasteiger partial charge in [-0.3, -0.25) is 0 Å². The zero-order valence-corrected chi connectivity index (χ0v) is 14.7. The van der Waals surface area contributed by atoms with Crippen molar-refractivity contribution in [1.29, 1.82) is 0 Å². The molecule has 0 amide bonds. The normalized spacial score (nSPS) is 13.4. The molecular formula is C21H25N3. The number of aryl methyl sites for hydroxylation is 1. The molecule has 0 heterocycles. The second-order valence-electron chi connectivity index (χ2n) is 6.37. The molecule has 0 saturated heterocycles. The number of rotatable bonds is 4. The molecule has 0 saturated carbocycles. The minimum Gasteiger partial charge on any atom is -0.369 e. The van der Waals surface area contributed by atoms with E-state index in [1.54, 1.807) is 0 Å². The van der Waals surface area contributed by atoms with E-state index in [1.807, 2.05) is 6.07 Å². The Hall–Kier alpha value is -2.55. The molecule has 3 rings (SSSR count). The number of guanidine groups is 1. The molecule has 2 aromatic carbocycles. The molecule has 2 N–H and O–H groups in total. The molecule has 124 valence electrons. The molecule has 0 aromatic heterocycles. The summed E-state index contributed by atoms with van der Waals surface area (Å²) >= 11 is 0. The maximum absolute atomic E-state index is 6.45. The van der Waals surface area contributed by atoms with E-state index in [1.165, 1.54) is 16.7 Å². The van der Waals surface area contributed by atoms with Crippen LogP contribution in [-0.4, -0.2) is 12.0 Å². The Balaban J connectivity index is 2.04. The second kappa shape index (κ2) is 6.91. The fourth-order valence-electron chi connectivity index (χ4n) is 3.26. The van der Waals surface area contributed by atoms with Gasteiger partial charge in [0.15, 0.2) is 0 Å². The number of fused-ring (bicyclic) bond motifs is 1. The van der Waals surface area contributed by atoms with Gasteiger partial charge < -0.3 is 10.6 Å². The van der Waals surface area contributed by atoms with Gasteiger partial charge in [0.25, 0.3) is 0 Å². The molecule has 3 nitrogen and oxygen atoms in total. The Morgan fingerprint density at radius 2 is 1.96 bits per heavy atom. The van der Waals surface area contributed by atoms with Crippen LogP contribution in [0.15, 0.2) is 53.5 Å². The molecule has 0 radical (unpaired) electrons. The molecule has 1 aliphatic rings. The average Bonchev–Trinajstić information content (AvgIpc) is 3.05. The molecule has 0 bridgehead atoms. The predicted octanol–water partition coefficient (Wildman–Crippen LogP) is 4.68.